The summed E-state index contributed by atoms with van der Waals surface area (Å²) in [4.78, 5) is 12.9. The molecule has 0 saturated carbocycles. The molecule has 1 amide bonds. The number of rotatable bonds is 9. The summed E-state index contributed by atoms with van der Waals surface area (Å²) in [5.74, 6) is 0.284. The van der Waals surface area contributed by atoms with Crippen LogP contribution in [-0.4, -0.2) is 38.3 Å². The zero-order valence-electron chi connectivity index (χ0n) is 16.3. The molecule has 2 rings (SSSR count). The summed E-state index contributed by atoms with van der Waals surface area (Å²) >= 11 is 0. The van der Waals surface area contributed by atoms with Crippen molar-refractivity contribution in [2.75, 3.05) is 19.6 Å². The number of nitrogens with one attached hydrogen (secondary N) is 1. The van der Waals surface area contributed by atoms with Crippen molar-refractivity contribution in [3.05, 3.63) is 29.3 Å². The lowest BCUT2D eigenvalue weighted by Crippen LogP contribution is -2.31. The van der Waals surface area contributed by atoms with E-state index >= 15 is 0 Å². The molecule has 1 aliphatic heterocycles. The summed E-state index contributed by atoms with van der Waals surface area (Å²) in [6, 6.07) is 4.87. The van der Waals surface area contributed by atoms with E-state index in [9.17, 15) is 13.2 Å². The van der Waals surface area contributed by atoms with E-state index in [4.69, 9.17) is 0 Å². The summed E-state index contributed by atoms with van der Waals surface area (Å²) in [5.41, 5.74) is 1.25. The molecule has 0 radical (unpaired) electrons. The molecule has 1 aliphatic rings. The number of unbranched alkanes of at least 4 members (excludes halogenated alkanes) is 1. The number of sulfonamides is 1. The number of benzene rings is 1. The van der Waals surface area contributed by atoms with Crippen molar-refractivity contribution >= 4 is 15.9 Å². The van der Waals surface area contributed by atoms with Gasteiger partial charge in [0.2, 0.25) is 10.0 Å². The van der Waals surface area contributed by atoms with Gasteiger partial charge in [-0.3, -0.25) is 4.79 Å². The minimum absolute atomic E-state index is 0.184. The van der Waals surface area contributed by atoms with Crippen LogP contribution in [0.3, 0.4) is 0 Å². The van der Waals surface area contributed by atoms with E-state index in [1.807, 2.05) is 6.92 Å². The molecule has 0 aliphatic carbocycles. The summed E-state index contributed by atoms with van der Waals surface area (Å²) in [6.07, 6.45) is 6.25. The van der Waals surface area contributed by atoms with Gasteiger partial charge in [-0.15, -0.1) is 0 Å². The Kier molecular flexibility index (Phi) is 7.65. The van der Waals surface area contributed by atoms with Gasteiger partial charge < -0.3 is 5.32 Å². The molecule has 0 aromatic heterocycles. The molecule has 1 heterocycles. The standard InChI is InChI=1S/C20H32N2O3S/c1-4-6-9-17(5-2)15-21-20(23)19-14-18(11-10-16(19)3)26(24,25)22-12-7-8-13-22/h10-11,14,17H,4-9,12-13,15H2,1-3H3,(H,21,23)/t17-/m0/s1. The highest BCUT2D eigenvalue weighted by atomic mass is 32.2. The largest absolute Gasteiger partial charge is 0.352 e. The van der Waals surface area contributed by atoms with Crippen molar-refractivity contribution in [1.82, 2.24) is 9.62 Å². The first-order chi connectivity index (χ1) is 12.4. The van der Waals surface area contributed by atoms with Crippen molar-refractivity contribution in [3.63, 3.8) is 0 Å². The Hall–Kier alpha value is -1.40. The Morgan fingerprint density at radius 3 is 2.54 bits per heavy atom. The van der Waals surface area contributed by atoms with Gasteiger partial charge >= 0.3 is 0 Å². The summed E-state index contributed by atoms with van der Waals surface area (Å²) < 4.78 is 27.0. The van der Waals surface area contributed by atoms with Crippen LogP contribution < -0.4 is 5.32 Å². The van der Waals surface area contributed by atoms with Crippen molar-refractivity contribution in [2.45, 2.75) is 64.2 Å². The monoisotopic (exact) mass is 380 g/mol. The third-order valence-corrected chi connectivity index (χ3v) is 7.15. The molecular weight excluding hydrogens is 348 g/mol. The van der Waals surface area contributed by atoms with Crippen LogP contribution in [0.2, 0.25) is 0 Å². The number of carbonyl (C=O) groups is 1. The van der Waals surface area contributed by atoms with E-state index in [0.29, 0.717) is 31.1 Å². The predicted molar refractivity (Wildman–Crippen MR) is 105 cm³/mol. The van der Waals surface area contributed by atoms with Crippen LogP contribution in [0.5, 0.6) is 0 Å². The average molecular weight is 381 g/mol. The first kappa shape index (κ1) is 20.9. The quantitative estimate of drug-likeness (QED) is 0.710. The molecular formula is C20H32N2O3S. The number of carbonyl (C=O) groups excluding carboxylic acids is 1. The molecule has 0 spiro atoms. The number of nitrogens with zero attached hydrogens (tertiary/aromatic N) is 1. The third-order valence-electron chi connectivity index (χ3n) is 5.25. The highest BCUT2D eigenvalue weighted by molar-refractivity contribution is 7.89. The smallest absolute Gasteiger partial charge is 0.251 e. The maximum absolute atomic E-state index is 12.7. The van der Waals surface area contributed by atoms with Crippen molar-refractivity contribution in [2.24, 2.45) is 5.92 Å². The SMILES string of the molecule is CCCC[C@H](CC)CNC(=O)c1cc(S(=O)(=O)N2CCCC2)ccc1C. The molecule has 1 aromatic rings. The predicted octanol–water partition coefficient (Wildman–Crippen LogP) is 3.73. The zero-order valence-corrected chi connectivity index (χ0v) is 17.1. The first-order valence-electron chi connectivity index (χ1n) is 9.79. The van der Waals surface area contributed by atoms with E-state index in [1.54, 1.807) is 12.1 Å². The van der Waals surface area contributed by atoms with Crippen molar-refractivity contribution < 1.29 is 13.2 Å². The van der Waals surface area contributed by atoms with Gasteiger partial charge in [0, 0.05) is 25.2 Å². The molecule has 1 saturated heterocycles. The Balaban J connectivity index is 2.12. The van der Waals surface area contributed by atoms with E-state index in [0.717, 1.165) is 44.1 Å². The van der Waals surface area contributed by atoms with Crippen LogP contribution >= 0.6 is 0 Å². The van der Waals surface area contributed by atoms with Crippen molar-refractivity contribution in [1.29, 1.82) is 0 Å². The lowest BCUT2D eigenvalue weighted by atomic mass is 9.99. The second-order valence-corrected chi connectivity index (χ2v) is 9.15. The van der Waals surface area contributed by atoms with Gasteiger partial charge in [0.25, 0.3) is 5.91 Å². The van der Waals surface area contributed by atoms with Crippen LogP contribution in [0.25, 0.3) is 0 Å². The molecule has 26 heavy (non-hydrogen) atoms. The zero-order chi connectivity index (χ0) is 19.2. The van der Waals surface area contributed by atoms with Crippen LogP contribution in [0, 0.1) is 12.8 Å². The third kappa shape index (κ3) is 5.07. The topological polar surface area (TPSA) is 66.5 Å². The van der Waals surface area contributed by atoms with Gasteiger partial charge in [-0.05, 0) is 49.8 Å². The Bertz CT molecular complexity index is 710. The van der Waals surface area contributed by atoms with E-state index < -0.39 is 10.0 Å². The molecule has 1 fully saturated rings. The highest BCUT2D eigenvalue weighted by Crippen LogP contribution is 2.23. The summed E-state index contributed by atoms with van der Waals surface area (Å²) in [7, 11) is -3.51. The van der Waals surface area contributed by atoms with E-state index in [2.05, 4.69) is 19.2 Å². The first-order valence-corrected chi connectivity index (χ1v) is 11.2. The number of aryl methyl sites for hydroxylation is 1. The molecule has 1 N–H and O–H groups in total. The molecule has 5 nitrogen and oxygen atoms in total. The molecule has 6 heteroatoms. The van der Waals surface area contributed by atoms with Gasteiger partial charge in [0.15, 0.2) is 0 Å². The van der Waals surface area contributed by atoms with Gasteiger partial charge in [-0.2, -0.15) is 4.31 Å². The summed E-state index contributed by atoms with van der Waals surface area (Å²) in [5, 5.41) is 3.00. The molecule has 146 valence electrons. The highest BCUT2D eigenvalue weighted by Gasteiger charge is 2.28. The normalized spacial score (nSPS) is 16.6. The van der Waals surface area contributed by atoms with E-state index in [1.165, 1.54) is 10.4 Å². The van der Waals surface area contributed by atoms with E-state index in [-0.39, 0.29) is 10.8 Å². The fraction of sp³-hybridized carbons (Fsp3) is 0.650. The van der Waals surface area contributed by atoms with Crippen molar-refractivity contribution in [3.8, 4) is 0 Å². The van der Waals surface area contributed by atoms with Crippen LogP contribution in [0.15, 0.2) is 23.1 Å². The molecule has 0 bridgehead atoms. The van der Waals surface area contributed by atoms with Crippen LogP contribution in [-0.2, 0) is 10.0 Å². The number of amides is 1. The second-order valence-electron chi connectivity index (χ2n) is 7.21. The number of hydrogen-bond donors (Lipinski definition) is 1. The fourth-order valence-electron chi connectivity index (χ4n) is 3.36. The lowest BCUT2D eigenvalue weighted by Gasteiger charge is -2.18. The Morgan fingerprint density at radius 2 is 1.92 bits per heavy atom. The van der Waals surface area contributed by atoms with Crippen LogP contribution in [0.4, 0.5) is 0 Å². The van der Waals surface area contributed by atoms with Gasteiger partial charge in [0.1, 0.15) is 0 Å². The molecule has 1 aromatic carbocycles. The average Bonchev–Trinajstić information content (AvgIpc) is 3.17. The summed E-state index contributed by atoms with van der Waals surface area (Å²) in [6.45, 7) is 7.91. The Morgan fingerprint density at radius 1 is 1.23 bits per heavy atom. The number of hydrogen-bond acceptors (Lipinski definition) is 3. The Labute approximate surface area is 158 Å². The van der Waals surface area contributed by atoms with Gasteiger partial charge in [-0.25, -0.2) is 8.42 Å². The molecule has 1 atom stereocenters. The van der Waals surface area contributed by atoms with Gasteiger partial charge in [-0.1, -0.05) is 39.2 Å². The lowest BCUT2D eigenvalue weighted by molar-refractivity contribution is 0.0945. The fourth-order valence-corrected chi connectivity index (χ4v) is 4.90. The minimum atomic E-state index is -3.51. The van der Waals surface area contributed by atoms with Crippen LogP contribution in [0.1, 0.15) is 68.3 Å². The van der Waals surface area contributed by atoms with Gasteiger partial charge in [0.05, 0.1) is 4.90 Å². The minimum Gasteiger partial charge on any atom is -0.352 e. The maximum Gasteiger partial charge on any atom is 0.251 e. The maximum atomic E-state index is 12.7. The molecule has 0 unspecified atom stereocenters. The second kappa shape index (κ2) is 9.51.